The first kappa shape index (κ1) is 59.9. The van der Waals surface area contributed by atoms with Crippen molar-refractivity contribution in [1.29, 1.82) is 0 Å². The molecule has 10 aromatic rings. The number of nitrogens with zero attached hydrogens (tertiary/aromatic N) is 12. The molecule has 0 radical (unpaired) electrons. The molecule has 0 unspecified atom stereocenters. The number of halogens is 2. The number of ether oxygens (including phenoxy) is 5. The van der Waals surface area contributed by atoms with Crippen LogP contribution in [-0.2, 0) is 9.47 Å². The molecule has 0 amide bonds. The van der Waals surface area contributed by atoms with E-state index in [1.54, 1.807) is 19.4 Å². The molecule has 5 aliphatic rings. The van der Waals surface area contributed by atoms with Gasteiger partial charge in [-0.05, 0) is 81.3 Å². The van der Waals surface area contributed by atoms with Gasteiger partial charge in [0.15, 0.2) is 11.4 Å². The van der Waals surface area contributed by atoms with Crippen molar-refractivity contribution in [1.82, 2.24) is 63.1 Å². The van der Waals surface area contributed by atoms with Crippen LogP contribution in [0.3, 0.4) is 0 Å². The molecule has 4 N–H and O–H groups in total. The van der Waals surface area contributed by atoms with Crippen molar-refractivity contribution in [3.63, 3.8) is 0 Å². The van der Waals surface area contributed by atoms with Gasteiger partial charge in [0.1, 0.15) is 53.5 Å². The van der Waals surface area contributed by atoms with Crippen LogP contribution in [0.4, 0.5) is 17.5 Å². The zero-order valence-electron chi connectivity index (χ0n) is 50.2. The summed E-state index contributed by atoms with van der Waals surface area (Å²) < 4.78 is 34.4. The Morgan fingerprint density at radius 3 is 1.52 bits per heavy atom. The second-order valence-corrected chi connectivity index (χ2v) is 24.0. The summed E-state index contributed by atoms with van der Waals surface area (Å²) in [6, 6.07) is 25.4. The zero-order valence-corrected chi connectivity index (χ0v) is 51.7. The maximum Gasteiger partial charge on any atom is 0.180 e. The van der Waals surface area contributed by atoms with E-state index in [-0.39, 0.29) is 0 Å². The van der Waals surface area contributed by atoms with Crippen molar-refractivity contribution >= 4 is 57.6 Å². The number of methoxy groups -OCH3 is 1. The third kappa shape index (κ3) is 14.7. The van der Waals surface area contributed by atoms with E-state index in [0.29, 0.717) is 52.9 Å². The van der Waals surface area contributed by atoms with Crippen LogP contribution >= 0.6 is 23.2 Å². The average molecular weight is 1240 g/mol. The minimum atomic E-state index is 0.518. The molecule has 5 fully saturated rings. The summed E-state index contributed by atoms with van der Waals surface area (Å²) in [6.07, 6.45) is 28.7. The summed E-state index contributed by atoms with van der Waals surface area (Å²) in [4.78, 5) is 32.8. The highest BCUT2D eigenvalue weighted by Crippen LogP contribution is 2.35. The molecule has 3 saturated carbocycles. The van der Waals surface area contributed by atoms with Gasteiger partial charge in [-0.1, -0.05) is 67.1 Å². The van der Waals surface area contributed by atoms with E-state index in [1.807, 2.05) is 107 Å². The second kappa shape index (κ2) is 28.6. The number of H-pyrrole nitrogens is 1. The van der Waals surface area contributed by atoms with E-state index < -0.39 is 0 Å². The molecule has 0 aromatic carbocycles. The summed E-state index contributed by atoms with van der Waals surface area (Å²) in [5, 5.41) is 18.9. The third-order valence-corrected chi connectivity index (χ3v) is 17.7. The molecule has 0 atom stereocenters. The van der Waals surface area contributed by atoms with Gasteiger partial charge < -0.3 is 39.6 Å². The predicted molar refractivity (Wildman–Crippen MR) is 348 cm³/mol. The lowest BCUT2D eigenvalue weighted by atomic mass is 9.93. The normalized spacial score (nSPS) is 16.8. The van der Waals surface area contributed by atoms with Gasteiger partial charge in [-0.2, -0.15) is 5.10 Å². The van der Waals surface area contributed by atoms with Gasteiger partial charge in [0.25, 0.3) is 0 Å². The molecule has 0 bridgehead atoms. The van der Waals surface area contributed by atoms with Crippen molar-refractivity contribution in [3.8, 4) is 62.5 Å². The van der Waals surface area contributed by atoms with E-state index in [4.69, 9.17) is 61.8 Å². The number of hydrogen-bond donors (Lipinski definition) is 4. The van der Waals surface area contributed by atoms with Crippen molar-refractivity contribution in [2.75, 3.05) is 102 Å². The number of anilines is 3. The predicted octanol–water partition coefficient (Wildman–Crippen LogP) is 12.0. The van der Waals surface area contributed by atoms with E-state index >= 15 is 0 Å². The fourth-order valence-electron chi connectivity index (χ4n) is 12.1. The molecule has 15 rings (SSSR count). The number of aromatic nitrogens is 11. The first-order chi connectivity index (χ1) is 43.8. The Balaban J connectivity index is 0.000000125. The molecule has 89 heavy (non-hydrogen) atoms. The topological polar surface area (TPSA) is 208 Å². The lowest BCUT2D eigenvalue weighted by Gasteiger charge is -2.27. The summed E-state index contributed by atoms with van der Waals surface area (Å²) >= 11 is 12.7. The minimum absolute atomic E-state index is 0.518. The van der Waals surface area contributed by atoms with E-state index in [2.05, 4.69) is 67.6 Å². The first-order valence-corrected chi connectivity index (χ1v) is 32.0. The Morgan fingerprint density at radius 1 is 0.539 bits per heavy atom. The molecular formula is C66H76Cl2N16O5. The van der Waals surface area contributed by atoms with Crippen LogP contribution in [0.1, 0.15) is 70.6 Å². The summed E-state index contributed by atoms with van der Waals surface area (Å²) in [5.74, 6) is 4.83. The SMILES string of the molecule is COc1cc(Cl)cn2c(-c3cccc(NC4CCC4)n3)cnc12.Clc1cn2c(-c3cccc(NC4CCCC4)n3)cnc2cc1OCCN1CCOCC1.c1cc(NC2CCCC2)nc(-c2cnc3cc(OCCN4CCOCC4)c(-c4cn[nH]c4)cn23)c1. The Kier molecular flexibility index (Phi) is 19.3. The van der Waals surface area contributed by atoms with Crippen molar-refractivity contribution in [3.05, 3.63) is 132 Å². The molecule has 23 heteroatoms. The van der Waals surface area contributed by atoms with Crippen LogP contribution in [0, 0.1) is 0 Å². The van der Waals surface area contributed by atoms with Crippen molar-refractivity contribution < 1.29 is 23.7 Å². The van der Waals surface area contributed by atoms with Crippen LogP contribution in [0.15, 0.2) is 122 Å². The van der Waals surface area contributed by atoms with Gasteiger partial charge in [0.05, 0.1) is 103 Å². The van der Waals surface area contributed by atoms with E-state index in [0.717, 1.165) is 151 Å². The van der Waals surface area contributed by atoms with Gasteiger partial charge in [-0.3, -0.25) is 28.1 Å². The Hall–Kier alpha value is -8.05. The Morgan fingerprint density at radius 2 is 1.02 bits per heavy atom. The van der Waals surface area contributed by atoms with E-state index in [9.17, 15) is 0 Å². The number of aromatic amines is 1. The highest BCUT2D eigenvalue weighted by molar-refractivity contribution is 6.32. The van der Waals surface area contributed by atoms with Crippen LogP contribution < -0.4 is 30.2 Å². The molecular weight excluding hydrogens is 1170 g/mol. The van der Waals surface area contributed by atoms with E-state index in [1.165, 1.54) is 70.6 Å². The van der Waals surface area contributed by atoms with Gasteiger partial charge in [-0.25, -0.2) is 29.9 Å². The summed E-state index contributed by atoms with van der Waals surface area (Å²) in [7, 11) is 1.61. The lowest BCUT2D eigenvalue weighted by molar-refractivity contribution is 0.0322. The molecule has 0 spiro atoms. The summed E-state index contributed by atoms with van der Waals surface area (Å²) in [6.45, 7) is 9.84. The number of morpholine rings is 2. The molecule has 21 nitrogen and oxygen atoms in total. The number of rotatable bonds is 19. The van der Waals surface area contributed by atoms with Crippen molar-refractivity contribution in [2.45, 2.75) is 88.8 Å². The zero-order chi connectivity index (χ0) is 60.3. The average Bonchev–Trinajstić information content (AvgIpc) is 2.14. The number of fused-ring (bicyclic) bond motifs is 3. The first-order valence-electron chi connectivity index (χ1n) is 31.3. The van der Waals surface area contributed by atoms with Gasteiger partial charge in [-0.15, -0.1) is 0 Å². The van der Waals surface area contributed by atoms with Crippen LogP contribution in [0.25, 0.3) is 62.2 Å². The Bertz CT molecular complexity index is 3940. The maximum atomic E-state index is 6.55. The number of imidazole rings is 3. The maximum absolute atomic E-state index is 6.55. The third-order valence-electron chi connectivity index (χ3n) is 17.2. The highest BCUT2D eigenvalue weighted by atomic mass is 35.5. The molecule has 12 heterocycles. The van der Waals surface area contributed by atoms with Crippen LogP contribution in [-0.4, -0.2) is 167 Å². The van der Waals surface area contributed by atoms with Crippen LogP contribution in [0.5, 0.6) is 17.2 Å². The van der Waals surface area contributed by atoms with Crippen molar-refractivity contribution in [2.24, 2.45) is 0 Å². The number of hydrogen-bond acceptors (Lipinski definition) is 17. The molecule has 2 saturated heterocycles. The summed E-state index contributed by atoms with van der Waals surface area (Å²) in [5.41, 5.74) is 9.63. The molecule has 2 aliphatic heterocycles. The standard InChI is InChI=1S/C26H31N7O2.C23H28ClN5O2.C17H17ClN4O/c1-2-5-20(4-1)30-25-7-3-6-22(31-25)23-17-27-26-14-24(35-13-10-32-8-11-34-12-9-32)21(18-33(23)26)19-15-28-29-16-19;24-18-16-29-20(19-6-3-7-22(27-19)26-17-4-1-2-5-17)15-25-23(29)14-21(18)31-13-10-28-8-11-30-12-9-28;1-23-15-8-11(18)10-22-14(9-19-17(15)22)13-6-3-7-16(21-13)20-12-4-2-5-12/h3,6-7,14-18,20H,1-2,4-5,8-13H2,(H,28,29)(H,30,31);3,6-7,14-17H,1-2,4-5,8-13H2,(H,26,27);3,6-10,12H,2,4-5H2,1H3,(H,20,21). The quantitative estimate of drug-likeness (QED) is 0.0593. The lowest BCUT2D eigenvalue weighted by Crippen LogP contribution is -2.38. The largest absolute Gasteiger partial charge is 0.493 e. The molecule has 464 valence electrons. The fourth-order valence-corrected chi connectivity index (χ4v) is 12.5. The van der Waals surface area contributed by atoms with Gasteiger partial charge in [0, 0.05) is 112 Å². The van der Waals surface area contributed by atoms with Gasteiger partial charge >= 0.3 is 0 Å². The highest BCUT2D eigenvalue weighted by Gasteiger charge is 2.22. The monoisotopic (exact) mass is 1240 g/mol. The second-order valence-electron chi connectivity index (χ2n) is 23.2. The minimum Gasteiger partial charge on any atom is -0.493 e. The van der Waals surface area contributed by atoms with Gasteiger partial charge in [0.2, 0.25) is 0 Å². The number of nitrogens with one attached hydrogen (secondary N) is 4. The number of pyridine rings is 6. The molecule has 3 aliphatic carbocycles. The fraction of sp³-hybridized carbons (Fsp3) is 0.409. The smallest absolute Gasteiger partial charge is 0.180 e. The van der Waals surface area contributed by atoms with Crippen LogP contribution in [0.2, 0.25) is 10.0 Å². The molecule has 10 aromatic heterocycles. The Labute approximate surface area is 527 Å².